The van der Waals surface area contributed by atoms with E-state index >= 15 is 0 Å². The number of carbonyl (C=O) groups excluding carboxylic acids is 2. The monoisotopic (exact) mass is 418 g/mol. The number of hydrogen-bond donors (Lipinski definition) is 2. The van der Waals surface area contributed by atoms with Crippen molar-refractivity contribution >= 4 is 21.7 Å². The van der Waals surface area contributed by atoms with Gasteiger partial charge in [-0.3, -0.25) is 9.59 Å². The first kappa shape index (κ1) is 22.4. The minimum Gasteiger partial charge on any atom is -0.494 e. The highest BCUT2D eigenvalue weighted by Crippen LogP contribution is 2.16. The lowest BCUT2D eigenvalue weighted by Crippen LogP contribution is -2.44. The van der Waals surface area contributed by atoms with E-state index in [0.29, 0.717) is 25.3 Å². The van der Waals surface area contributed by atoms with Gasteiger partial charge in [0.2, 0.25) is 11.8 Å². The van der Waals surface area contributed by atoms with E-state index in [0.717, 1.165) is 11.8 Å². The standard InChI is InChI=1S/C21H26N2O5S/c1-16(21(25)22-15-17-7-4-3-5-8-17)23-20(24)9-6-14-28-18-10-12-19(13-11-18)29(2,26)27/h3-5,7-8,10-13,16H,6,9,14-15H2,1-2H3,(H,22,25)(H,23,24). The van der Waals surface area contributed by atoms with Gasteiger partial charge in [0.25, 0.3) is 0 Å². The summed E-state index contributed by atoms with van der Waals surface area (Å²) in [6.45, 7) is 2.35. The average Bonchev–Trinajstić information content (AvgIpc) is 2.70. The molecule has 2 aromatic carbocycles. The number of rotatable bonds is 10. The molecule has 8 heteroatoms. The highest BCUT2D eigenvalue weighted by atomic mass is 32.2. The lowest BCUT2D eigenvalue weighted by atomic mass is 10.2. The molecule has 2 rings (SSSR count). The third-order valence-electron chi connectivity index (χ3n) is 4.15. The van der Waals surface area contributed by atoms with Crippen LogP contribution in [0.15, 0.2) is 59.5 Å². The van der Waals surface area contributed by atoms with Crippen LogP contribution < -0.4 is 15.4 Å². The Labute approximate surface area is 171 Å². The number of sulfone groups is 1. The maximum Gasteiger partial charge on any atom is 0.242 e. The molecule has 2 amide bonds. The summed E-state index contributed by atoms with van der Waals surface area (Å²) in [4.78, 5) is 24.3. The summed E-state index contributed by atoms with van der Waals surface area (Å²) in [7, 11) is -3.24. The van der Waals surface area contributed by atoms with Crippen LogP contribution in [-0.4, -0.2) is 39.1 Å². The fraction of sp³-hybridized carbons (Fsp3) is 0.333. The van der Waals surface area contributed by atoms with Crippen LogP contribution in [-0.2, 0) is 26.0 Å². The molecular formula is C21H26N2O5S. The fourth-order valence-corrected chi connectivity index (χ4v) is 3.15. The van der Waals surface area contributed by atoms with Gasteiger partial charge in [0, 0.05) is 19.2 Å². The zero-order chi connectivity index (χ0) is 21.3. The molecule has 1 atom stereocenters. The van der Waals surface area contributed by atoms with Crippen LogP contribution in [0.5, 0.6) is 5.75 Å². The van der Waals surface area contributed by atoms with E-state index in [-0.39, 0.29) is 23.1 Å². The first-order valence-electron chi connectivity index (χ1n) is 9.29. The molecular weight excluding hydrogens is 392 g/mol. The number of hydrogen-bond acceptors (Lipinski definition) is 5. The zero-order valence-corrected chi connectivity index (χ0v) is 17.4. The Morgan fingerprint density at radius 1 is 1.03 bits per heavy atom. The highest BCUT2D eigenvalue weighted by molar-refractivity contribution is 7.90. The molecule has 0 spiro atoms. The van der Waals surface area contributed by atoms with Gasteiger partial charge in [-0.05, 0) is 43.2 Å². The van der Waals surface area contributed by atoms with Gasteiger partial charge in [-0.25, -0.2) is 8.42 Å². The van der Waals surface area contributed by atoms with Gasteiger partial charge in [0.15, 0.2) is 9.84 Å². The maximum absolute atomic E-state index is 12.1. The Morgan fingerprint density at radius 3 is 2.31 bits per heavy atom. The van der Waals surface area contributed by atoms with Crippen LogP contribution in [0.1, 0.15) is 25.3 Å². The van der Waals surface area contributed by atoms with Gasteiger partial charge in [0.05, 0.1) is 11.5 Å². The van der Waals surface area contributed by atoms with Crippen molar-refractivity contribution in [3.63, 3.8) is 0 Å². The quantitative estimate of drug-likeness (QED) is 0.575. The Bertz CT molecular complexity index is 912. The van der Waals surface area contributed by atoms with E-state index in [1.165, 1.54) is 12.1 Å². The van der Waals surface area contributed by atoms with E-state index in [1.807, 2.05) is 30.3 Å². The van der Waals surface area contributed by atoms with Crippen molar-refractivity contribution in [1.82, 2.24) is 10.6 Å². The third kappa shape index (κ3) is 7.95. The summed E-state index contributed by atoms with van der Waals surface area (Å²) >= 11 is 0. The highest BCUT2D eigenvalue weighted by Gasteiger charge is 2.15. The van der Waals surface area contributed by atoms with Crippen LogP contribution in [0.25, 0.3) is 0 Å². The molecule has 0 aliphatic heterocycles. The summed E-state index contributed by atoms with van der Waals surface area (Å²) in [5.74, 6) is 0.0549. The SMILES string of the molecule is CC(NC(=O)CCCOc1ccc(S(C)(=O)=O)cc1)C(=O)NCc1ccccc1. The molecule has 0 aliphatic carbocycles. The van der Waals surface area contributed by atoms with Crippen LogP contribution in [0.3, 0.4) is 0 Å². The summed E-state index contributed by atoms with van der Waals surface area (Å²) < 4.78 is 28.3. The smallest absolute Gasteiger partial charge is 0.242 e. The van der Waals surface area contributed by atoms with Crippen molar-refractivity contribution in [2.45, 2.75) is 37.2 Å². The molecule has 0 aliphatic rings. The molecule has 1 unspecified atom stereocenters. The molecule has 0 fully saturated rings. The van der Waals surface area contributed by atoms with E-state index < -0.39 is 15.9 Å². The molecule has 0 radical (unpaired) electrons. The molecule has 0 heterocycles. The van der Waals surface area contributed by atoms with Crippen molar-refractivity contribution in [2.75, 3.05) is 12.9 Å². The number of nitrogens with one attached hydrogen (secondary N) is 2. The lowest BCUT2D eigenvalue weighted by molar-refractivity contribution is -0.128. The van der Waals surface area contributed by atoms with Crippen molar-refractivity contribution in [3.8, 4) is 5.75 Å². The minimum absolute atomic E-state index is 0.220. The molecule has 156 valence electrons. The Morgan fingerprint density at radius 2 is 1.69 bits per heavy atom. The van der Waals surface area contributed by atoms with Crippen LogP contribution in [0.4, 0.5) is 0 Å². The van der Waals surface area contributed by atoms with Crippen molar-refractivity contribution in [2.24, 2.45) is 0 Å². The predicted octanol–water partition coefficient (Wildman–Crippen LogP) is 2.07. The number of carbonyl (C=O) groups is 2. The minimum atomic E-state index is -3.24. The fourth-order valence-electron chi connectivity index (χ4n) is 2.52. The molecule has 29 heavy (non-hydrogen) atoms. The number of ether oxygens (including phenoxy) is 1. The Balaban J connectivity index is 1.65. The first-order chi connectivity index (χ1) is 13.8. The van der Waals surface area contributed by atoms with Crippen LogP contribution in [0.2, 0.25) is 0 Å². The second-order valence-corrected chi connectivity index (χ2v) is 8.70. The molecule has 2 N–H and O–H groups in total. The molecule has 0 aromatic heterocycles. The Hall–Kier alpha value is -2.87. The summed E-state index contributed by atoms with van der Waals surface area (Å²) in [6, 6.07) is 15.0. The molecule has 2 aromatic rings. The van der Waals surface area contributed by atoms with Crippen LogP contribution in [0, 0.1) is 0 Å². The largest absolute Gasteiger partial charge is 0.494 e. The van der Waals surface area contributed by atoms with Crippen LogP contribution >= 0.6 is 0 Å². The summed E-state index contributed by atoms with van der Waals surface area (Å²) in [6.07, 6.45) is 1.83. The van der Waals surface area contributed by atoms with Gasteiger partial charge >= 0.3 is 0 Å². The van der Waals surface area contributed by atoms with E-state index in [2.05, 4.69) is 10.6 Å². The predicted molar refractivity (Wildman–Crippen MR) is 110 cm³/mol. The van der Waals surface area contributed by atoms with Crippen molar-refractivity contribution < 1.29 is 22.7 Å². The zero-order valence-electron chi connectivity index (χ0n) is 16.6. The summed E-state index contributed by atoms with van der Waals surface area (Å²) in [5, 5.41) is 5.45. The maximum atomic E-state index is 12.1. The molecule has 0 saturated carbocycles. The normalized spacial score (nSPS) is 12.1. The van der Waals surface area contributed by atoms with Gasteiger partial charge in [0.1, 0.15) is 11.8 Å². The van der Waals surface area contributed by atoms with Gasteiger partial charge in [-0.15, -0.1) is 0 Å². The van der Waals surface area contributed by atoms with Crippen molar-refractivity contribution in [3.05, 3.63) is 60.2 Å². The van der Waals surface area contributed by atoms with Gasteiger partial charge < -0.3 is 15.4 Å². The lowest BCUT2D eigenvalue weighted by Gasteiger charge is -2.14. The molecule has 7 nitrogen and oxygen atoms in total. The average molecular weight is 419 g/mol. The Kier molecular flexibility index (Phi) is 8.21. The number of amides is 2. The van der Waals surface area contributed by atoms with E-state index in [4.69, 9.17) is 4.74 Å². The van der Waals surface area contributed by atoms with E-state index in [1.54, 1.807) is 19.1 Å². The topological polar surface area (TPSA) is 102 Å². The second-order valence-electron chi connectivity index (χ2n) is 6.69. The number of benzene rings is 2. The molecule has 0 saturated heterocycles. The van der Waals surface area contributed by atoms with Gasteiger partial charge in [-0.1, -0.05) is 30.3 Å². The summed E-state index contributed by atoms with van der Waals surface area (Å²) in [5.41, 5.74) is 0.987. The second kappa shape index (κ2) is 10.6. The van der Waals surface area contributed by atoms with E-state index in [9.17, 15) is 18.0 Å². The molecule has 0 bridgehead atoms. The van der Waals surface area contributed by atoms with Gasteiger partial charge in [-0.2, -0.15) is 0 Å². The first-order valence-corrected chi connectivity index (χ1v) is 11.2. The third-order valence-corrected chi connectivity index (χ3v) is 5.28. The van der Waals surface area contributed by atoms with Crippen molar-refractivity contribution in [1.29, 1.82) is 0 Å².